The Balaban J connectivity index is 1.75. The lowest BCUT2D eigenvalue weighted by Gasteiger charge is -2.16. The molecule has 0 radical (unpaired) electrons. The number of benzene rings is 1. The molecule has 0 spiro atoms. The van der Waals surface area contributed by atoms with Crippen LogP contribution in [0.5, 0.6) is 0 Å². The average molecular weight is 403 g/mol. The average Bonchev–Trinajstić information content (AvgIpc) is 3.16. The van der Waals surface area contributed by atoms with Gasteiger partial charge in [0.2, 0.25) is 5.91 Å². The van der Waals surface area contributed by atoms with Gasteiger partial charge in [-0.05, 0) is 25.1 Å². The number of aromatic nitrogens is 3. The zero-order chi connectivity index (χ0) is 19.8. The molecule has 0 aliphatic carbocycles. The van der Waals surface area contributed by atoms with Crippen LogP contribution in [0.1, 0.15) is 17.7 Å². The molecule has 1 amide bonds. The number of carbonyl (C=O) groups is 1. The fourth-order valence-corrected chi connectivity index (χ4v) is 3.61. The number of hydrogen-bond acceptors (Lipinski definition) is 3. The molecule has 1 aromatic carbocycles. The fourth-order valence-electron chi connectivity index (χ4n) is 3.47. The topological polar surface area (TPSA) is 50.5 Å². The van der Waals surface area contributed by atoms with Gasteiger partial charge in [0, 0.05) is 24.4 Å². The summed E-state index contributed by atoms with van der Waals surface area (Å²) in [5, 5.41) is 4.62. The molecule has 28 heavy (non-hydrogen) atoms. The molecule has 1 saturated heterocycles. The molecule has 3 aromatic rings. The molecule has 0 bridgehead atoms. The number of nitrogens with zero attached hydrogens (tertiary/aromatic N) is 4. The van der Waals surface area contributed by atoms with Gasteiger partial charge in [-0.3, -0.25) is 4.79 Å². The number of hydrogen-bond donors (Lipinski definition) is 0. The molecule has 1 unspecified atom stereocenters. The monoisotopic (exact) mass is 402 g/mol. The minimum atomic E-state index is -1.76. The Hall–Kier alpha value is -2.80. The van der Waals surface area contributed by atoms with Crippen LogP contribution in [0.3, 0.4) is 0 Å². The van der Waals surface area contributed by atoms with E-state index >= 15 is 0 Å². The first kappa shape index (κ1) is 18.6. The standard InChI is InChI=1S/C20H17ClF2N4O/c1-12-2-4-14(5-3-12)20-15(27-18(24-20)7-6-16(21)25-27)11-26-10-13(8-17(22)23)9-19(26)28/h2-8,13H,9-11H2,1H3. The van der Waals surface area contributed by atoms with Crippen LogP contribution < -0.4 is 0 Å². The fraction of sp³-hybridized carbons (Fsp3) is 0.250. The van der Waals surface area contributed by atoms with E-state index < -0.39 is 12.0 Å². The lowest BCUT2D eigenvalue weighted by Crippen LogP contribution is -2.25. The van der Waals surface area contributed by atoms with Gasteiger partial charge < -0.3 is 4.90 Å². The van der Waals surface area contributed by atoms with Crippen molar-refractivity contribution in [3.05, 3.63) is 65.0 Å². The van der Waals surface area contributed by atoms with Crippen LogP contribution in [0.25, 0.3) is 16.9 Å². The molecule has 144 valence electrons. The molecule has 0 saturated carbocycles. The van der Waals surface area contributed by atoms with Crippen LogP contribution in [-0.2, 0) is 11.3 Å². The van der Waals surface area contributed by atoms with E-state index in [4.69, 9.17) is 11.6 Å². The van der Waals surface area contributed by atoms with Gasteiger partial charge in [0.15, 0.2) is 5.65 Å². The molecule has 5 nitrogen and oxygen atoms in total. The summed E-state index contributed by atoms with van der Waals surface area (Å²) >= 11 is 6.06. The quantitative estimate of drug-likeness (QED) is 0.646. The minimum Gasteiger partial charge on any atom is -0.336 e. The number of amides is 1. The first-order valence-corrected chi connectivity index (χ1v) is 9.20. The Labute approximate surface area is 165 Å². The summed E-state index contributed by atoms with van der Waals surface area (Å²) in [6.45, 7) is 2.45. The van der Waals surface area contributed by atoms with Gasteiger partial charge in [-0.25, -0.2) is 9.50 Å². The Morgan fingerprint density at radius 2 is 2.00 bits per heavy atom. The highest BCUT2D eigenvalue weighted by atomic mass is 35.5. The molecular weight excluding hydrogens is 386 g/mol. The van der Waals surface area contributed by atoms with Crippen LogP contribution in [-0.4, -0.2) is 31.9 Å². The third-order valence-corrected chi connectivity index (χ3v) is 5.01. The van der Waals surface area contributed by atoms with E-state index in [1.54, 1.807) is 21.5 Å². The third-order valence-electron chi connectivity index (χ3n) is 4.81. The lowest BCUT2D eigenvalue weighted by molar-refractivity contribution is -0.128. The Morgan fingerprint density at radius 1 is 1.25 bits per heavy atom. The highest BCUT2D eigenvalue weighted by molar-refractivity contribution is 6.29. The minimum absolute atomic E-state index is 0.0716. The normalized spacial score (nSPS) is 16.8. The predicted octanol–water partition coefficient (Wildman–Crippen LogP) is 4.49. The molecule has 1 aliphatic rings. The Morgan fingerprint density at radius 3 is 2.71 bits per heavy atom. The maximum absolute atomic E-state index is 12.6. The number of rotatable bonds is 4. The number of halogens is 3. The van der Waals surface area contributed by atoms with E-state index in [1.807, 2.05) is 31.2 Å². The zero-order valence-electron chi connectivity index (χ0n) is 15.1. The summed E-state index contributed by atoms with van der Waals surface area (Å²) in [5.74, 6) is -0.662. The van der Waals surface area contributed by atoms with Crippen molar-refractivity contribution in [2.75, 3.05) is 6.54 Å². The van der Waals surface area contributed by atoms with Crippen molar-refractivity contribution in [2.24, 2.45) is 5.92 Å². The van der Waals surface area contributed by atoms with Gasteiger partial charge in [0.25, 0.3) is 6.08 Å². The lowest BCUT2D eigenvalue weighted by atomic mass is 10.1. The number of aryl methyl sites for hydroxylation is 1. The highest BCUT2D eigenvalue weighted by Crippen LogP contribution is 2.29. The van der Waals surface area contributed by atoms with E-state index in [2.05, 4.69) is 10.1 Å². The van der Waals surface area contributed by atoms with Crippen molar-refractivity contribution in [1.29, 1.82) is 0 Å². The van der Waals surface area contributed by atoms with E-state index in [0.717, 1.165) is 17.2 Å². The summed E-state index contributed by atoms with van der Waals surface area (Å²) in [6, 6.07) is 11.3. The van der Waals surface area contributed by atoms with Gasteiger partial charge in [0.05, 0.1) is 17.9 Å². The molecule has 3 heterocycles. The largest absolute Gasteiger partial charge is 0.336 e. The molecular formula is C20H17ClF2N4O. The summed E-state index contributed by atoms with van der Waals surface area (Å²) < 4.78 is 26.8. The smallest absolute Gasteiger partial charge is 0.266 e. The first-order chi connectivity index (χ1) is 13.4. The van der Waals surface area contributed by atoms with E-state index in [1.165, 1.54) is 0 Å². The molecule has 0 N–H and O–H groups in total. The second kappa shape index (κ2) is 7.31. The van der Waals surface area contributed by atoms with Crippen molar-refractivity contribution < 1.29 is 13.6 Å². The number of carbonyl (C=O) groups excluding carboxylic acids is 1. The second-order valence-corrected chi connectivity index (χ2v) is 7.28. The Bertz CT molecular complexity index is 1070. The van der Waals surface area contributed by atoms with Gasteiger partial charge >= 0.3 is 0 Å². The molecule has 1 fully saturated rings. The SMILES string of the molecule is Cc1ccc(-c2nc3ccc(Cl)nn3c2CN2CC(C=C(F)F)CC2=O)cc1. The van der Waals surface area contributed by atoms with Crippen LogP contribution in [0.4, 0.5) is 8.78 Å². The van der Waals surface area contributed by atoms with Crippen molar-refractivity contribution in [3.63, 3.8) is 0 Å². The van der Waals surface area contributed by atoms with Crippen molar-refractivity contribution in [2.45, 2.75) is 19.9 Å². The summed E-state index contributed by atoms with van der Waals surface area (Å²) in [7, 11) is 0. The molecule has 8 heteroatoms. The number of imidazole rings is 1. The molecule has 4 rings (SSSR count). The van der Waals surface area contributed by atoms with Crippen LogP contribution in [0, 0.1) is 12.8 Å². The van der Waals surface area contributed by atoms with Crippen LogP contribution in [0.15, 0.2) is 48.6 Å². The first-order valence-electron chi connectivity index (χ1n) is 8.82. The van der Waals surface area contributed by atoms with Crippen molar-refractivity contribution >= 4 is 23.2 Å². The Kier molecular flexibility index (Phi) is 4.85. The number of fused-ring (bicyclic) bond motifs is 1. The van der Waals surface area contributed by atoms with Crippen LogP contribution >= 0.6 is 11.6 Å². The van der Waals surface area contributed by atoms with Crippen LogP contribution in [0.2, 0.25) is 5.15 Å². The van der Waals surface area contributed by atoms with Gasteiger partial charge in [0.1, 0.15) is 5.15 Å². The molecule has 1 atom stereocenters. The molecule has 1 aliphatic heterocycles. The predicted molar refractivity (Wildman–Crippen MR) is 102 cm³/mol. The third kappa shape index (κ3) is 3.62. The van der Waals surface area contributed by atoms with Gasteiger partial charge in [-0.2, -0.15) is 13.9 Å². The van der Waals surface area contributed by atoms with E-state index in [0.29, 0.717) is 22.2 Å². The number of likely N-dealkylation sites (tertiary alicyclic amines) is 1. The molecule has 2 aromatic heterocycles. The van der Waals surface area contributed by atoms with Gasteiger partial charge in [-0.15, -0.1) is 0 Å². The van der Waals surface area contributed by atoms with E-state index in [-0.39, 0.29) is 25.4 Å². The van der Waals surface area contributed by atoms with Crippen molar-refractivity contribution in [3.8, 4) is 11.3 Å². The summed E-state index contributed by atoms with van der Waals surface area (Å²) in [6.07, 6.45) is -0.840. The zero-order valence-corrected chi connectivity index (χ0v) is 15.8. The maximum atomic E-state index is 12.6. The second-order valence-electron chi connectivity index (χ2n) is 6.89. The summed E-state index contributed by atoms with van der Waals surface area (Å²) in [4.78, 5) is 18.6. The highest BCUT2D eigenvalue weighted by Gasteiger charge is 2.31. The van der Waals surface area contributed by atoms with Crippen molar-refractivity contribution in [1.82, 2.24) is 19.5 Å². The van der Waals surface area contributed by atoms with E-state index in [9.17, 15) is 13.6 Å². The summed E-state index contributed by atoms with van der Waals surface area (Å²) in [5.41, 5.74) is 4.00. The van der Waals surface area contributed by atoms with Gasteiger partial charge in [-0.1, -0.05) is 41.4 Å². The maximum Gasteiger partial charge on any atom is 0.266 e.